The van der Waals surface area contributed by atoms with Crippen molar-refractivity contribution in [3.05, 3.63) is 42.9 Å². The van der Waals surface area contributed by atoms with Gasteiger partial charge in [0.25, 0.3) is 0 Å². The van der Waals surface area contributed by atoms with Crippen molar-refractivity contribution in [2.75, 3.05) is 18.4 Å². The maximum atomic E-state index is 11.5. The van der Waals surface area contributed by atoms with Gasteiger partial charge in [0, 0.05) is 19.0 Å². The predicted octanol–water partition coefficient (Wildman–Crippen LogP) is 2.00. The molecule has 1 amide bonds. The molecule has 0 aliphatic carbocycles. The van der Waals surface area contributed by atoms with Gasteiger partial charge in [0.1, 0.15) is 12.1 Å². The Morgan fingerprint density at radius 3 is 2.71 bits per heavy atom. The summed E-state index contributed by atoms with van der Waals surface area (Å²) in [6, 6.07) is 9.83. The van der Waals surface area contributed by atoms with E-state index in [0.29, 0.717) is 18.9 Å². The van der Waals surface area contributed by atoms with E-state index in [4.69, 9.17) is 0 Å². The number of amides is 1. The number of nitrogens with one attached hydrogen (secondary N) is 2. The van der Waals surface area contributed by atoms with Crippen molar-refractivity contribution in [2.45, 2.75) is 13.8 Å². The number of nitrogens with zero attached hydrogens (tertiary/aromatic N) is 4. The van der Waals surface area contributed by atoms with E-state index in [9.17, 15) is 4.79 Å². The molecular formula is C17H20N6O. The van der Waals surface area contributed by atoms with Crippen LogP contribution in [0.2, 0.25) is 0 Å². The quantitative estimate of drug-likeness (QED) is 0.678. The first-order chi connectivity index (χ1) is 11.7. The zero-order valence-corrected chi connectivity index (χ0v) is 13.7. The van der Waals surface area contributed by atoms with Crippen LogP contribution in [0, 0.1) is 5.92 Å². The average Bonchev–Trinajstić information content (AvgIpc) is 3.04. The second kappa shape index (κ2) is 7.08. The zero-order valence-electron chi connectivity index (χ0n) is 13.7. The number of carbonyl (C=O) groups is 1. The largest absolute Gasteiger partial charge is 0.368 e. The molecule has 0 saturated heterocycles. The molecule has 2 N–H and O–H groups in total. The van der Waals surface area contributed by atoms with Crippen LogP contribution in [0.3, 0.4) is 0 Å². The molecule has 124 valence electrons. The van der Waals surface area contributed by atoms with E-state index in [1.54, 1.807) is 10.9 Å². The number of para-hydroxylation sites is 1. The summed E-state index contributed by atoms with van der Waals surface area (Å²) >= 11 is 0. The molecule has 2 aromatic heterocycles. The van der Waals surface area contributed by atoms with Crippen LogP contribution in [0.4, 0.5) is 5.82 Å². The summed E-state index contributed by atoms with van der Waals surface area (Å²) in [5.41, 5.74) is 1.69. The van der Waals surface area contributed by atoms with Crippen LogP contribution in [-0.4, -0.2) is 38.7 Å². The Balaban J connectivity index is 1.74. The molecule has 0 saturated carbocycles. The molecule has 0 atom stereocenters. The van der Waals surface area contributed by atoms with E-state index >= 15 is 0 Å². The molecule has 7 nitrogen and oxygen atoms in total. The van der Waals surface area contributed by atoms with Crippen molar-refractivity contribution >= 4 is 22.8 Å². The molecule has 0 aliphatic heterocycles. The first kappa shape index (κ1) is 15.9. The molecule has 7 heteroatoms. The Labute approximate surface area is 140 Å². The van der Waals surface area contributed by atoms with Crippen molar-refractivity contribution in [1.29, 1.82) is 0 Å². The zero-order chi connectivity index (χ0) is 16.9. The predicted molar refractivity (Wildman–Crippen MR) is 93.0 cm³/mol. The lowest BCUT2D eigenvalue weighted by Gasteiger charge is -2.09. The number of benzene rings is 1. The second-order valence-corrected chi connectivity index (χ2v) is 5.72. The monoisotopic (exact) mass is 324 g/mol. The van der Waals surface area contributed by atoms with Crippen LogP contribution in [0.25, 0.3) is 16.7 Å². The van der Waals surface area contributed by atoms with Crippen LogP contribution in [-0.2, 0) is 4.79 Å². The van der Waals surface area contributed by atoms with Gasteiger partial charge in [-0.15, -0.1) is 0 Å². The Hall–Kier alpha value is -2.96. The average molecular weight is 324 g/mol. The van der Waals surface area contributed by atoms with Gasteiger partial charge >= 0.3 is 0 Å². The molecule has 0 aliphatic rings. The number of fused-ring (bicyclic) bond motifs is 1. The minimum atomic E-state index is -0.0140. The van der Waals surface area contributed by atoms with E-state index in [-0.39, 0.29) is 11.8 Å². The third-order valence-corrected chi connectivity index (χ3v) is 3.61. The summed E-state index contributed by atoms with van der Waals surface area (Å²) in [6.45, 7) is 4.86. The van der Waals surface area contributed by atoms with E-state index in [1.165, 1.54) is 6.33 Å². The lowest BCUT2D eigenvalue weighted by molar-refractivity contribution is -0.123. The SMILES string of the molecule is CC(C)C(=O)NCCNc1ncnc2c1cnn2-c1ccccc1. The second-order valence-electron chi connectivity index (χ2n) is 5.72. The molecule has 2 heterocycles. The molecule has 1 aromatic carbocycles. The molecule has 0 bridgehead atoms. The van der Waals surface area contributed by atoms with Crippen LogP contribution in [0.15, 0.2) is 42.9 Å². The number of hydrogen-bond donors (Lipinski definition) is 2. The van der Waals surface area contributed by atoms with Crippen molar-refractivity contribution < 1.29 is 4.79 Å². The van der Waals surface area contributed by atoms with Crippen LogP contribution < -0.4 is 10.6 Å². The highest BCUT2D eigenvalue weighted by atomic mass is 16.1. The highest BCUT2D eigenvalue weighted by molar-refractivity contribution is 5.87. The van der Waals surface area contributed by atoms with Crippen LogP contribution in [0.1, 0.15) is 13.8 Å². The van der Waals surface area contributed by atoms with Crippen molar-refractivity contribution in [1.82, 2.24) is 25.1 Å². The Bertz CT molecular complexity index is 827. The van der Waals surface area contributed by atoms with Gasteiger partial charge in [-0.25, -0.2) is 14.6 Å². The standard InChI is InChI=1S/C17H20N6O/c1-12(2)17(24)19-9-8-18-15-14-10-22-23(16(14)21-11-20-15)13-6-4-3-5-7-13/h3-7,10-12H,8-9H2,1-2H3,(H,19,24)(H,18,20,21). The van der Waals surface area contributed by atoms with Gasteiger partial charge in [-0.3, -0.25) is 4.79 Å². The summed E-state index contributed by atoms with van der Waals surface area (Å²) in [5.74, 6) is 0.738. The van der Waals surface area contributed by atoms with Gasteiger partial charge in [-0.05, 0) is 12.1 Å². The third kappa shape index (κ3) is 3.34. The minimum Gasteiger partial charge on any atom is -0.368 e. The van der Waals surface area contributed by atoms with E-state index in [1.807, 2.05) is 44.2 Å². The molecular weight excluding hydrogens is 304 g/mol. The van der Waals surface area contributed by atoms with Gasteiger partial charge in [0.2, 0.25) is 5.91 Å². The molecule has 0 unspecified atom stereocenters. The Morgan fingerprint density at radius 2 is 1.96 bits per heavy atom. The number of anilines is 1. The number of aromatic nitrogens is 4. The number of carbonyl (C=O) groups excluding carboxylic acids is 1. The first-order valence-electron chi connectivity index (χ1n) is 7.92. The van der Waals surface area contributed by atoms with Crippen LogP contribution in [0.5, 0.6) is 0 Å². The summed E-state index contributed by atoms with van der Waals surface area (Å²) in [7, 11) is 0. The van der Waals surface area contributed by atoms with E-state index in [0.717, 1.165) is 16.7 Å². The fourth-order valence-electron chi connectivity index (χ4n) is 2.31. The summed E-state index contributed by atoms with van der Waals surface area (Å²) in [6.07, 6.45) is 3.26. The fourth-order valence-corrected chi connectivity index (χ4v) is 2.31. The Morgan fingerprint density at radius 1 is 1.17 bits per heavy atom. The lowest BCUT2D eigenvalue weighted by atomic mass is 10.2. The van der Waals surface area contributed by atoms with Crippen molar-refractivity contribution in [3.8, 4) is 5.69 Å². The van der Waals surface area contributed by atoms with E-state index in [2.05, 4.69) is 25.7 Å². The van der Waals surface area contributed by atoms with Gasteiger partial charge < -0.3 is 10.6 Å². The Kier molecular flexibility index (Phi) is 4.69. The summed E-state index contributed by atoms with van der Waals surface area (Å²) < 4.78 is 1.78. The van der Waals surface area contributed by atoms with Gasteiger partial charge in [0.05, 0.1) is 17.3 Å². The van der Waals surface area contributed by atoms with Crippen molar-refractivity contribution in [3.63, 3.8) is 0 Å². The topological polar surface area (TPSA) is 84.7 Å². The third-order valence-electron chi connectivity index (χ3n) is 3.61. The fraction of sp³-hybridized carbons (Fsp3) is 0.294. The summed E-state index contributed by atoms with van der Waals surface area (Å²) in [5, 5.41) is 11.3. The summed E-state index contributed by atoms with van der Waals surface area (Å²) in [4.78, 5) is 20.2. The highest BCUT2D eigenvalue weighted by Gasteiger charge is 2.11. The minimum absolute atomic E-state index is 0.0140. The first-order valence-corrected chi connectivity index (χ1v) is 7.92. The smallest absolute Gasteiger partial charge is 0.222 e. The molecule has 0 spiro atoms. The normalized spacial score (nSPS) is 11.0. The van der Waals surface area contributed by atoms with Gasteiger partial charge in [0.15, 0.2) is 5.65 Å². The van der Waals surface area contributed by atoms with Gasteiger partial charge in [-0.2, -0.15) is 5.10 Å². The molecule has 0 fully saturated rings. The molecule has 24 heavy (non-hydrogen) atoms. The van der Waals surface area contributed by atoms with Crippen molar-refractivity contribution in [2.24, 2.45) is 5.92 Å². The van der Waals surface area contributed by atoms with Gasteiger partial charge in [-0.1, -0.05) is 32.0 Å². The maximum absolute atomic E-state index is 11.5. The van der Waals surface area contributed by atoms with E-state index < -0.39 is 0 Å². The molecule has 0 radical (unpaired) electrons. The molecule has 3 rings (SSSR count). The van der Waals surface area contributed by atoms with Crippen LogP contribution >= 0.6 is 0 Å². The maximum Gasteiger partial charge on any atom is 0.222 e. The highest BCUT2D eigenvalue weighted by Crippen LogP contribution is 2.21. The molecule has 3 aromatic rings. The lowest BCUT2D eigenvalue weighted by Crippen LogP contribution is -2.32. The number of hydrogen-bond acceptors (Lipinski definition) is 5. The number of rotatable bonds is 6.